The van der Waals surface area contributed by atoms with Crippen molar-refractivity contribution in [2.24, 2.45) is 5.73 Å². The Balaban J connectivity index is 2.66. The molecule has 0 fully saturated rings. The Morgan fingerprint density at radius 2 is 2.10 bits per heavy atom. The largest absolute Gasteiger partial charge is 0.506 e. The van der Waals surface area contributed by atoms with Gasteiger partial charge < -0.3 is 15.6 Å². The van der Waals surface area contributed by atoms with Gasteiger partial charge in [0.2, 0.25) is 0 Å². The second-order valence-electron chi connectivity index (χ2n) is 5.99. The molecule has 0 heterocycles. The first-order valence-electron chi connectivity index (χ1n) is 6.75. The van der Waals surface area contributed by atoms with Crippen molar-refractivity contribution in [2.75, 3.05) is 5.32 Å². The number of aryl methyl sites for hydroxylation is 1. The summed E-state index contributed by atoms with van der Waals surface area (Å²) in [6, 6.07) is 5.27. The first kappa shape index (κ1) is 16.3. The molecule has 0 aromatic heterocycles. The highest BCUT2D eigenvalue weighted by molar-refractivity contribution is 5.86. The summed E-state index contributed by atoms with van der Waals surface area (Å²) in [5.74, 6) is 0.0260. The van der Waals surface area contributed by atoms with Gasteiger partial charge in [-0.2, -0.15) is 0 Å². The van der Waals surface area contributed by atoms with Crippen molar-refractivity contribution >= 4 is 11.8 Å². The smallest absolute Gasteiger partial charge is 0.412 e. The van der Waals surface area contributed by atoms with Crippen LogP contribution >= 0.6 is 0 Å². The number of rotatable bonds is 4. The summed E-state index contributed by atoms with van der Waals surface area (Å²) < 4.78 is 5.13. The summed E-state index contributed by atoms with van der Waals surface area (Å²) in [5.41, 5.74) is 6.44. The van der Waals surface area contributed by atoms with Gasteiger partial charge in [0.05, 0.1) is 5.69 Å². The molecule has 0 aliphatic heterocycles. The van der Waals surface area contributed by atoms with Crippen LogP contribution in [0.4, 0.5) is 10.5 Å². The van der Waals surface area contributed by atoms with Crippen LogP contribution in [0.2, 0.25) is 0 Å². The predicted octanol–water partition coefficient (Wildman–Crippen LogP) is 3.02. The van der Waals surface area contributed by atoms with Gasteiger partial charge in [-0.05, 0) is 58.2 Å². The standard InChI is InChI=1S/C15H24N2O3/c1-10(16)5-6-11-7-8-12(13(18)9-11)17-14(19)20-15(2,3)4/h7-10,18H,5-6,16H2,1-4H3,(H,17,19)/t10-/m0/s1. The summed E-state index contributed by atoms with van der Waals surface area (Å²) in [4.78, 5) is 11.6. The summed E-state index contributed by atoms with van der Waals surface area (Å²) in [6.07, 6.45) is 1.05. The zero-order chi connectivity index (χ0) is 15.3. The minimum atomic E-state index is -0.587. The van der Waals surface area contributed by atoms with Crippen LogP contribution in [0, 0.1) is 0 Å². The summed E-state index contributed by atoms with van der Waals surface area (Å²) in [5, 5.41) is 12.4. The number of phenols is 1. The Morgan fingerprint density at radius 3 is 2.60 bits per heavy atom. The number of hydrogen-bond acceptors (Lipinski definition) is 4. The minimum Gasteiger partial charge on any atom is -0.506 e. The molecule has 1 aromatic rings. The fraction of sp³-hybridized carbons (Fsp3) is 0.533. The lowest BCUT2D eigenvalue weighted by molar-refractivity contribution is 0.0635. The second kappa shape index (κ2) is 6.61. The zero-order valence-corrected chi connectivity index (χ0v) is 12.6. The number of carbonyl (C=O) groups excluding carboxylic acids is 1. The van der Waals surface area contributed by atoms with E-state index in [1.54, 1.807) is 32.9 Å². The van der Waals surface area contributed by atoms with Crippen molar-refractivity contribution in [3.8, 4) is 5.75 Å². The maximum Gasteiger partial charge on any atom is 0.412 e. The van der Waals surface area contributed by atoms with Gasteiger partial charge in [-0.1, -0.05) is 6.07 Å². The Labute approximate surface area is 120 Å². The van der Waals surface area contributed by atoms with Crippen LogP contribution in [0.15, 0.2) is 18.2 Å². The summed E-state index contributed by atoms with van der Waals surface area (Å²) in [6.45, 7) is 7.29. The number of aromatic hydroxyl groups is 1. The Morgan fingerprint density at radius 1 is 1.45 bits per heavy atom. The monoisotopic (exact) mass is 280 g/mol. The highest BCUT2D eigenvalue weighted by atomic mass is 16.6. The number of anilines is 1. The highest BCUT2D eigenvalue weighted by Crippen LogP contribution is 2.25. The summed E-state index contributed by atoms with van der Waals surface area (Å²) in [7, 11) is 0. The van der Waals surface area contributed by atoms with Crippen LogP contribution in [0.5, 0.6) is 5.75 Å². The van der Waals surface area contributed by atoms with Crippen LogP contribution in [0.3, 0.4) is 0 Å². The van der Waals surface area contributed by atoms with Gasteiger partial charge in [-0.25, -0.2) is 4.79 Å². The van der Waals surface area contributed by atoms with E-state index in [4.69, 9.17) is 10.5 Å². The molecule has 0 saturated heterocycles. The number of ether oxygens (including phenoxy) is 1. The van der Waals surface area contributed by atoms with Crippen LogP contribution < -0.4 is 11.1 Å². The zero-order valence-electron chi connectivity index (χ0n) is 12.6. The molecule has 0 radical (unpaired) electrons. The molecule has 1 aromatic carbocycles. The fourth-order valence-electron chi connectivity index (χ4n) is 1.65. The van der Waals surface area contributed by atoms with E-state index >= 15 is 0 Å². The molecule has 0 unspecified atom stereocenters. The van der Waals surface area contributed by atoms with Crippen LogP contribution in [0.25, 0.3) is 0 Å². The van der Waals surface area contributed by atoms with Crippen LogP contribution in [-0.2, 0) is 11.2 Å². The van der Waals surface area contributed by atoms with E-state index in [9.17, 15) is 9.90 Å². The van der Waals surface area contributed by atoms with E-state index < -0.39 is 11.7 Å². The van der Waals surface area contributed by atoms with E-state index in [0.29, 0.717) is 5.69 Å². The maximum atomic E-state index is 11.6. The SMILES string of the molecule is C[C@H](N)CCc1ccc(NC(=O)OC(C)(C)C)c(O)c1. The molecular weight excluding hydrogens is 256 g/mol. The van der Waals surface area contributed by atoms with Crippen LogP contribution in [-0.4, -0.2) is 22.8 Å². The molecule has 4 N–H and O–H groups in total. The molecule has 0 spiro atoms. The van der Waals surface area contributed by atoms with Crippen molar-refractivity contribution in [3.63, 3.8) is 0 Å². The average molecular weight is 280 g/mol. The van der Waals surface area contributed by atoms with Gasteiger partial charge in [0, 0.05) is 6.04 Å². The Kier molecular flexibility index (Phi) is 5.39. The highest BCUT2D eigenvalue weighted by Gasteiger charge is 2.17. The van der Waals surface area contributed by atoms with Gasteiger partial charge in [0.25, 0.3) is 0 Å². The van der Waals surface area contributed by atoms with Gasteiger partial charge in [0.1, 0.15) is 11.4 Å². The third-order valence-electron chi connectivity index (χ3n) is 2.59. The number of phenolic OH excluding ortho intramolecular Hbond substituents is 1. The molecule has 112 valence electrons. The van der Waals surface area contributed by atoms with Crippen molar-refractivity contribution < 1.29 is 14.6 Å². The second-order valence-corrected chi connectivity index (χ2v) is 5.99. The summed E-state index contributed by atoms with van der Waals surface area (Å²) >= 11 is 0. The normalized spacial score (nSPS) is 12.8. The molecule has 0 aliphatic rings. The van der Waals surface area contributed by atoms with Crippen molar-refractivity contribution in [2.45, 2.75) is 52.2 Å². The van der Waals surface area contributed by atoms with Gasteiger partial charge in [0.15, 0.2) is 0 Å². The molecule has 0 aliphatic carbocycles. The number of nitrogens with two attached hydrogens (primary N) is 1. The number of nitrogens with one attached hydrogen (secondary N) is 1. The number of benzene rings is 1. The number of hydrogen-bond donors (Lipinski definition) is 3. The molecule has 1 amide bonds. The van der Waals surface area contributed by atoms with E-state index in [2.05, 4.69) is 5.32 Å². The molecule has 1 atom stereocenters. The van der Waals surface area contributed by atoms with Crippen molar-refractivity contribution in [1.29, 1.82) is 0 Å². The molecule has 1 rings (SSSR count). The first-order chi connectivity index (χ1) is 9.17. The quantitative estimate of drug-likeness (QED) is 0.740. The van der Waals surface area contributed by atoms with E-state index in [1.165, 1.54) is 0 Å². The van der Waals surface area contributed by atoms with E-state index in [1.807, 2.05) is 13.0 Å². The van der Waals surface area contributed by atoms with E-state index in [0.717, 1.165) is 18.4 Å². The fourth-order valence-corrected chi connectivity index (χ4v) is 1.65. The third kappa shape index (κ3) is 5.93. The van der Waals surface area contributed by atoms with Gasteiger partial charge in [-0.15, -0.1) is 0 Å². The van der Waals surface area contributed by atoms with Crippen molar-refractivity contribution in [1.82, 2.24) is 0 Å². The molecule has 20 heavy (non-hydrogen) atoms. The number of amides is 1. The topological polar surface area (TPSA) is 84.6 Å². The third-order valence-corrected chi connectivity index (χ3v) is 2.59. The molecule has 0 bridgehead atoms. The van der Waals surface area contributed by atoms with Gasteiger partial charge >= 0.3 is 6.09 Å². The lowest BCUT2D eigenvalue weighted by atomic mass is 10.1. The lowest BCUT2D eigenvalue weighted by Crippen LogP contribution is -2.27. The molecule has 5 nitrogen and oxygen atoms in total. The predicted molar refractivity (Wildman–Crippen MR) is 79.9 cm³/mol. The number of carbonyl (C=O) groups is 1. The molecule has 0 saturated carbocycles. The minimum absolute atomic E-state index is 0.0260. The Bertz CT molecular complexity index is 465. The first-order valence-corrected chi connectivity index (χ1v) is 6.75. The average Bonchev–Trinajstić information content (AvgIpc) is 2.27. The molecular formula is C15H24N2O3. The maximum absolute atomic E-state index is 11.6. The lowest BCUT2D eigenvalue weighted by Gasteiger charge is -2.20. The molecule has 5 heteroatoms. The van der Waals surface area contributed by atoms with Crippen LogP contribution in [0.1, 0.15) is 39.7 Å². The van der Waals surface area contributed by atoms with E-state index in [-0.39, 0.29) is 11.8 Å². The Hall–Kier alpha value is -1.75. The van der Waals surface area contributed by atoms with Crippen molar-refractivity contribution in [3.05, 3.63) is 23.8 Å². The van der Waals surface area contributed by atoms with Gasteiger partial charge in [-0.3, -0.25) is 5.32 Å².